The molecule has 0 spiro atoms. The van der Waals surface area contributed by atoms with E-state index in [1.54, 1.807) is 19.3 Å². The van der Waals surface area contributed by atoms with E-state index in [-0.39, 0.29) is 0 Å². The molecule has 0 saturated heterocycles. The van der Waals surface area contributed by atoms with Crippen LogP contribution in [0.15, 0.2) is 0 Å². The molecule has 3 aliphatic carbocycles. The van der Waals surface area contributed by atoms with Crippen molar-refractivity contribution >= 4 is 15.9 Å². The summed E-state index contributed by atoms with van der Waals surface area (Å²) in [4.78, 5) is 0.854. The molecule has 0 aromatic heterocycles. The van der Waals surface area contributed by atoms with Crippen molar-refractivity contribution < 1.29 is 0 Å². The molecule has 0 bridgehead atoms. The van der Waals surface area contributed by atoms with Crippen LogP contribution in [-0.2, 0) is 0 Å². The number of fused-ring (bicyclic) bond motifs is 1. The van der Waals surface area contributed by atoms with Crippen LogP contribution >= 0.6 is 15.9 Å². The first-order valence-electron chi connectivity index (χ1n) is 8.00. The van der Waals surface area contributed by atoms with E-state index in [4.69, 9.17) is 0 Å². The Morgan fingerprint density at radius 1 is 0.529 bits per heavy atom. The van der Waals surface area contributed by atoms with Gasteiger partial charge in [-0.3, -0.25) is 0 Å². The van der Waals surface area contributed by atoms with Gasteiger partial charge in [-0.1, -0.05) is 60.9 Å². The summed E-state index contributed by atoms with van der Waals surface area (Å²) < 4.78 is 0. The van der Waals surface area contributed by atoms with Crippen LogP contribution in [0.3, 0.4) is 0 Å². The quantitative estimate of drug-likeness (QED) is 0.557. The van der Waals surface area contributed by atoms with Gasteiger partial charge in [0.2, 0.25) is 0 Å². The third-order valence-corrected chi connectivity index (χ3v) is 7.06. The van der Waals surface area contributed by atoms with Gasteiger partial charge < -0.3 is 0 Å². The van der Waals surface area contributed by atoms with Crippen molar-refractivity contribution in [3.8, 4) is 0 Å². The lowest BCUT2D eigenvalue weighted by Crippen LogP contribution is -2.40. The predicted molar refractivity (Wildman–Crippen MR) is 77.5 cm³/mol. The highest BCUT2D eigenvalue weighted by Crippen LogP contribution is 2.51. The zero-order chi connectivity index (χ0) is 11.7. The van der Waals surface area contributed by atoms with E-state index >= 15 is 0 Å². The summed E-state index contributed by atoms with van der Waals surface area (Å²) in [6.07, 6.45) is 16.7. The Labute approximate surface area is 115 Å². The van der Waals surface area contributed by atoms with Crippen molar-refractivity contribution in [1.82, 2.24) is 0 Å². The van der Waals surface area contributed by atoms with Gasteiger partial charge in [0.1, 0.15) is 0 Å². The maximum atomic E-state index is 3.98. The summed E-state index contributed by atoms with van der Waals surface area (Å²) in [6.45, 7) is 0. The number of hydrogen-bond donors (Lipinski definition) is 0. The van der Waals surface area contributed by atoms with Crippen molar-refractivity contribution in [3.63, 3.8) is 0 Å². The monoisotopic (exact) mass is 298 g/mol. The molecule has 0 heterocycles. The summed E-state index contributed by atoms with van der Waals surface area (Å²) in [5, 5.41) is 0. The van der Waals surface area contributed by atoms with Gasteiger partial charge in [0.05, 0.1) is 0 Å². The first-order chi connectivity index (χ1) is 8.36. The molecule has 17 heavy (non-hydrogen) atoms. The van der Waals surface area contributed by atoms with E-state index in [1.165, 1.54) is 51.4 Å². The van der Waals surface area contributed by atoms with Crippen molar-refractivity contribution in [2.24, 2.45) is 23.7 Å². The molecule has 0 nitrogen and oxygen atoms in total. The predicted octanol–water partition coefficient (Wildman–Crippen LogP) is 5.55. The second-order valence-electron chi connectivity index (χ2n) is 6.77. The molecule has 4 atom stereocenters. The molecule has 0 N–H and O–H groups in total. The minimum absolute atomic E-state index is 0.854. The lowest BCUT2D eigenvalue weighted by Gasteiger charge is -2.48. The molecule has 0 aromatic carbocycles. The number of hydrogen-bond acceptors (Lipinski definition) is 0. The molecule has 3 saturated carbocycles. The largest absolute Gasteiger partial charge is 0.0888 e. The Morgan fingerprint density at radius 2 is 1.18 bits per heavy atom. The molecule has 98 valence electrons. The summed E-state index contributed by atoms with van der Waals surface area (Å²) in [6, 6.07) is 0. The Hall–Kier alpha value is 0.480. The fraction of sp³-hybridized carbons (Fsp3) is 1.00. The van der Waals surface area contributed by atoms with Crippen LogP contribution in [0, 0.1) is 23.7 Å². The zero-order valence-corrected chi connectivity index (χ0v) is 12.6. The van der Waals surface area contributed by atoms with Crippen molar-refractivity contribution in [2.75, 3.05) is 0 Å². The van der Waals surface area contributed by atoms with Crippen molar-refractivity contribution in [2.45, 2.75) is 75.5 Å². The van der Waals surface area contributed by atoms with Crippen LogP contribution in [0.2, 0.25) is 0 Å². The fourth-order valence-electron chi connectivity index (χ4n) is 5.10. The molecule has 0 aliphatic heterocycles. The van der Waals surface area contributed by atoms with Gasteiger partial charge in [-0.2, -0.15) is 0 Å². The lowest BCUT2D eigenvalue weighted by molar-refractivity contribution is 0.0556. The third kappa shape index (κ3) is 2.60. The van der Waals surface area contributed by atoms with E-state index in [0.717, 1.165) is 28.5 Å². The van der Waals surface area contributed by atoms with E-state index in [9.17, 15) is 0 Å². The van der Waals surface area contributed by atoms with Gasteiger partial charge in [-0.15, -0.1) is 0 Å². The van der Waals surface area contributed by atoms with Gasteiger partial charge >= 0.3 is 0 Å². The van der Waals surface area contributed by atoms with Crippen molar-refractivity contribution in [3.05, 3.63) is 0 Å². The van der Waals surface area contributed by atoms with Crippen LogP contribution in [0.1, 0.15) is 70.6 Å². The average molecular weight is 299 g/mol. The second kappa shape index (κ2) is 5.63. The minimum atomic E-state index is 0.854. The Kier molecular flexibility index (Phi) is 4.14. The Bertz CT molecular complexity index is 244. The fourth-order valence-corrected chi connectivity index (χ4v) is 6.02. The SMILES string of the molecule is BrC1CCC(C2CCCCC2)C2CCCCC12. The molecule has 0 amide bonds. The number of halogens is 1. The van der Waals surface area contributed by atoms with Gasteiger partial charge in [0, 0.05) is 4.83 Å². The van der Waals surface area contributed by atoms with E-state index in [2.05, 4.69) is 15.9 Å². The lowest BCUT2D eigenvalue weighted by atomic mass is 9.60. The summed E-state index contributed by atoms with van der Waals surface area (Å²) in [5.41, 5.74) is 0. The van der Waals surface area contributed by atoms with Gasteiger partial charge in [0.15, 0.2) is 0 Å². The molecule has 4 unspecified atom stereocenters. The van der Waals surface area contributed by atoms with E-state index < -0.39 is 0 Å². The molecular formula is C16H27Br. The topological polar surface area (TPSA) is 0 Å². The standard InChI is InChI=1S/C16H27Br/c17-16-11-10-13(12-6-2-1-3-7-12)14-8-4-5-9-15(14)16/h12-16H,1-11H2. The van der Waals surface area contributed by atoms with Crippen LogP contribution in [-0.4, -0.2) is 4.83 Å². The first kappa shape index (κ1) is 12.5. The zero-order valence-electron chi connectivity index (χ0n) is 11.0. The molecule has 0 radical (unpaired) electrons. The Morgan fingerprint density at radius 3 is 1.94 bits per heavy atom. The van der Waals surface area contributed by atoms with Crippen LogP contribution in [0.25, 0.3) is 0 Å². The highest BCUT2D eigenvalue weighted by atomic mass is 79.9. The Balaban J connectivity index is 1.70. The van der Waals surface area contributed by atoms with Gasteiger partial charge in [-0.05, 0) is 49.4 Å². The highest BCUT2D eigenvalue weighted by Gasteiger charge is 2.42. The van der Waals surface area contributed by atoms with Crippen LogP contribution in [0.5, 0.6) is 0 Å². The number of rotatable bonds is 1. The van der Waals surface area contributed by atoms with Crippen LogP contribution in [0.4, 0.5) is 0 Å². The molecule has 3 aliphatic rings. The van der Waals surface area contributed by atoms with E-state index in [1.807, 2.05) is 0 Å². The molecule has 1 heteroatoms. The molecule has 3 rings (SSSR count). The second-order valence-corrected chi connectivity index (χ2v) is 7.94. The summed E-state index contributed by atoms with van der Waals surface area (Å²) >= 11 is 3.98. The summed E-state index contributed by atoms with van der Waals surface area (Å²) in [5.74, 6) is 4.33. The van der Waals surface area contributed by atoms with Crippen LogP contribution < -0.4 is 0 Å². The maximum absolute atomic E-state index is 3.98. The normalized spacial score (nSPS) is 44.3. The highest BCUT2D eigenvalue weighted by molar-refractivity contribution is 9.09. The molecular weight excluding hydrogens is 272 g/mol. The van der Waals surface area contributed by atoms with E-state index in [0.29, 0.717) is 0 Å². The van der Waals surface area contributed by atoms with Gasteiger partial charge in [-0.25, -0.2) is 0 Å². The molecule has 3 fully saturated rings. The molecule has 0 aromatic rings. The van der Waals surface area contributed by atoms with Gasteiger partial charge in [0.25, 0.3) is 0 Å². The maximum Gasteiger partial charge on any atom is 0.0176 e. The summed E-state index contributed by atoms with van der Waals surface area (Å²) in [7, 11) is 0. The number of alkyl halides is 1. The smallest absolute Gasteiger partial charge is 0.0176 e. The first-order valence-corrected chi connectivity index (χ1v) is 8.92. The average Bonchev–Trinajstić information content (AvgIpc) is 2.41. The minimum Gasteiger partial charge on any atom is -0.0888 e. The van der Waals surface area contributed by atoms with Crippen molar-refractivity contribution in [1.29, 1.82) is 0 Å². The third-order valence-electron chi connectivity index (χ3n) is 5.92.